The normalized spacial score (nSPS) is 10.8. The lowest BCUT2D eigenvalue weighted by Crippen LogP contribution is -2.08. The van der Waals surface area contributed by atoms with Crippen LogP contribution in [0.1, 0.15) is 6.92 Å². The van der Waals surface area contributed by atoms with E-state index in [4.69, 9.17) is 17.3 Å². The summed E-state index contributed by atoms with van der Waals surface area (Å²) in [6.45, 7) is 1.41. The van der Waals surface area contributed by atoms with Crippen molar-refractivity contribution < 1.29 is 13.6 Å². The molecule has 0 saturated heterocycles. The number of benzene rings is 2. The molecule has 2 aromatic heterocycles. The molecule has 0 unspecified atom stereocenters. The fourth-order valence-electron chi connectivity index (χ4n) is 3.01. The zero-order valence-corrected chi connectivity index (χ0v) is 16.7. The smallest absolute Gasteiger partial charge is 0.221 e. The Balaban J connectivity index is 1.83. The van der Waals surface area contributed by atoms with E-state index in [2.05, 4.69) is 25.8 Å². The fraction of sp³-hybridized carbons (Fsp3) is 0.0500. The van der Waals surface area contributed by atoms with Crippen LogP contribution in [-0.4, -0.2) is 31.1 Å². The molecule has 0 atom stereocenters. The summed E-state index contributed by atoms with van der Waals surface area (Å²) in [7, 11) is 0. The molecule has 4 aromatic rings. The average Bonchev–Trinajstić information content (AvgIpc) is 3.20. The number of amides is 1. The number of carbonyl (C=O) groups excluding carboxylic acids is 1. The predicted octanol–water partition coefficient (Wildman–Crippen LogP) is 3.86. The molecule has 8 nitrogen and oxygen atoms in total. The molecule has 2 aromatic carbocycles. The van der Waals surface area contributed by atoms with Crippen LogP contribution in [0.25, 0.3) is 28.2 Å². The highest BCUT2D eigenvalue weighted by Crippen LogP contribution is 2.32. The van der Waals surface area contributed by atoms with E-state index in [1.54, 1.807) is 24.3 Å². The standard InChI is InChI=1S/C20H14ClF2N7O/c1-10(31)26-13-4-2-3-11(7-13)12-8-14(19(24)25-9-12)20-27-28-29-30(20)18-16(22)6-5-15(21)17(18)23/h2-9H,1H3,(H2,24,25)(H,26,31). The molecule has 0 aliphatic heterocycles. The van der Waals surface area contributed by atoms with Gasteiger partial charge >= 0.3 is 0 Å². The number of nitrogen functional groups attached to an aromatic ring is 1. The van der Waals surface area contributed by atoms with E-state index >= 15 is 0 Å². The molecule has 11 heteroatoms. The number of nitrogens with zero attached hydrogens (tertiary/aromatic N) is 5. The van der Waals surface area contributed by atoms with E-state index in [1.807, 2.05) is 6.07 Å². The molecule has 4 rings (SSSR count). The van der Waals surface area contributed by atoms with Crippen LogP contribution in [-0.2, 0) is 4.79 Å². The molecule has 0 radical (unpaired) electrons. The van der Waals surface area contributed by atoms with Gasteiger partial charge in [-0.3, -0.25) is 4.79 Å². The van der Waals surface area contributed by atoms with Gasteiger partial charge in [0.25, 0.3) is 0 Å². The van der Waals surface area contributed by atoms with Crippen LogP contribution in [0, 0.1) is 11.6 Å². The number of halogens is 3. The largest absolute Gasteiger partial charge is 0.383 e. The Morgan fingerprint density at radius 1 is 1.16 bits per heavy atom. The number of tetrazole rings is 1. The van der Waals surface area contributed by atoms with E-state index in [0.717, 1.165) is 22.4 Å². The quantitative estimate of drug-likeness (QED) is 0.465. The van der Waals surface area contributed by atoms with E-state index < -0.39 is 17.3 Å². The minimum atomic E-state index is -1.01. The lowest BCUT2D eigenvalue weighted by Gasteiger charge is -2.11. The van der Waals surface area contributed by atoms with Gasteiger partial charge in [-0.15, -0.1) is 5.10 Å². The SMILES string of the molecule is CC(=O)Nc1cccc(-c2cnc(N)c(-c3nnnn3-c3c(F)ccc(Cl)c3F)c2)c1. The van der Waals surface area contributed by atoms with E-state index in [9.17, 15) is 13.6 Å². The van der Waals surface area contributed by atoms with Gasteiger partial charge in [-0.2, -0.15) is 4.68 Å². The van der Waals surface area contributed by atoms with E-state index in [0.29, 0.717) is 11.3 Å². The number of hydrogen-bond acceptors (Lipinski definition) is 6. The summed E-state index contributed by atoms with van der Waals surface area (Å²) in [5.74, 6) is -2.09. The maximum absolute atomic E-state index is 14.5. The van der Waals surface area contributed by atoms with Gasteiger partial charge in [-0.1, -0.05) is 23.7 Å². The number of nitrogens with one attached hydrogen (secondary N) is 1. The molecule has 3 N–H and O–H groups in total. The monoisotopic (exact) mass is 441 g/mol. The molecule has 1 amide bonds. The van der Waals surface area contributed by atoms with Crippen LogP contribution in [0.3, 0.4) is 0 Å². The first-order valence-electron chi connectivity index (χ1n) is 8.91. The van der Waals surface area contributed by atoms with Crippen molar-refractivity contribution in [2.45, 2.75) is 6.92 Å². The third-order valence-electron chi connectivity index (χ3n) is 4.38. The molecule has 0 aliphatic carbocycles. The molecule has 0 spiro atoms. The number of hydrogen-bond donors (Lipinski definition) is 2. The molecule has 0 fully saturated rings. The Kier molecular flexibility index (Phi) is 5.30. The van der Waals surface area contributed by atoms with Gasteiger partial charge in [-0.25, -0.2) is 13.8 Å². The minimum absolute atomic E-state index is 0.0232. The summed E-state index contributed by atoms with van der Waals surface area (Å²) in [5.41, 5.74) is 7.67. The topological polar surface area (TPSA) is 112 Å². The molecule has 31 heavy (non-hydrogen) atoms. The van der Waals surface area contributed by atoms with Crippen molar-refractivity contribution in [2.75, 3.05) is 11.1 Å². The summed E-state index contributed by atoms with van der Waals surface area (Å²) in [4.78, 5) is 15.5. The first-order chi connectivity index (χ1) is 14.8. The van der Waals surface area contributed by atoms with Crippen LogP contribution >= 0.6 is 11.6 Å². The maximum atomic E-state index is 14.5. The third-order valence-corrected chi connectivity index (χ3v) is 4.67. The minimum Gasteiger partial charge on any atom is -0.383 e. The lowest BCUT2D eigenvalue weighted by atomic mass is 10.0. The zero-order valence-electron chi connectivity index (χ0n) is 16.0. The van der Waals surface area contributed by atoms with Crippen LogP contribution in [0.15, 0.2) is 48.7 Å². The van der Waals surface area contributed by atoms with Crippen molar-refractivity contribution in [2.24, 2.45) is 0 Å². The van der Waals surface area contributed by atoms with Gasteiger partial charge in [0.05, 0.1) is 10.6 Å². The number of pyridine rings is 1. The summed E-state index contributed by atoms with van der Waals surface area (Å²) in [5, 5.41) is 13.5. The number of aromatic nitrogens is 5. The zero-order chi connectivity index (χ0) is 22.1. The summed E-state index contributed by atoms with van der Waals surface area (Å²) >= 11 is 5.80. The summed E-state index contributed by atoms with van der Waals surface area (Å²) in [6, 6.07) is 10.8. The number of nitrogens with two attached hydrogens (primary N) is 1. The first kappa shape index (κ1) is 20.4. The molecule has 0 saturated carbocycles. The van der Waals surface area contributed by atoms with Crippen LogP contribution in [0.2, 0.25) is 5.02 Å². The van der Waals surface area contributed by atoms with Gasteiger partial charge in [0.1, 0.15) is 11.5 Å². The summed E-state index contributed by atoms with van der Waals surface area (Å²) in [6.07, 6.45) is 1.53. The van der Waals surface area contributed by atoms with E-state index in [1.165, 1.54) is 13.1 Å². The number of rotatable bonds is 4. The van der Waals surface area contributed by atoms with Crippen molar-refractivity contribution in [3.05, 3.63) is 65.3 Å². The molecule has 156 valence electrons. The van der Waals surface area contributed by atoms with Crippen LogP contribution in [0.4, 0.5) is 20.3 Å². The summed E-state index contributed by atoms with van der Waals surface area (Å²) < 4.78 is 29.8. The highest BCUT2D eigenvalue weighted by Gasteiger charge is 2.22. The van der Waals surface area contributed by atoms with Gasteiger partial charge in [0, 0.05) is 24.4 Å². The van der Waals surface area contributed by atoms with Crippen LogP contribution < -0.4 is 11.1 Å². The van der Waals surface area contributed by atoms with Gasteiger partial charge in [-0.05, 0) is 46.3 Å². The maximum Gasteiger partial charge on any atom is 0.221 e. The second kappa shape index (κ2) is 8.07. The molecule has 2 heterocycles. The van der Waals surface area contributed by atoms with Gasteiger partial charge < -0.3 is 11.1 Å². The van der Waals surface area contributed by atoms with E-state index in [-0.39, 0.29) is 28.1 Å². The highest BCUT2D eigenvalue weighted by atomic mass is 35.5. The Morgan fingerprint density at radius 2 is 1.97 bits per heavy atom. The lowest BCUT2D eigenvalue weighted by molar-refractivity contribution is -0.114. The van der Waals surface area contributed by atoms with Gasteiger partial charge in [0.2, 0.25) is 5.91 Å². The molecular weight excluding hydrogens is 428 g/mol. The Bertz CT molecular complexity index is 1310. The van der Waals surface area contributed by atoms with Crippen molar-refractivity contribution in [3.8, 4) is 28.2 Å². The molecule has 0 bridgehead atoms. The Labute approximate surface area is 179 Å². The van der Waals surface area contributed by atoms with Crippen molar-refractivity contribution in [3.63, 3.8) is 0 Å². The second-order valence-corrected chi connectivity index (χ2v) is 6.93. The van der Waals surface area contributed by atoms with Crippen molar-refractivity contribution in [1.82, 2.24) is 25.2 Å². The highest BCUT2D eigenvalue weighted by molar-refractivity contribution is 6.30. The third kappa shape index (κ3) is 3.92. The number of anilines is 2. The predicted molar refractivity (Wildman–Crippen MR) is 111 cm³/mol. The van der Waals surface area contributed by atoms with Crippen molar-refractivity contribution >= 4 is 29.0 Å². The van der Waals surface area contributed by atoms with Gasteiger partial charge in [0.15, 0.2) is 17.5 Å². The first-order valence-corrected chi connectivity index (χ1v) is 9.29. The Morgan fingerprint density at radius 3 is 2.74 bits per heavy atom. The second-order valence-electron chi connectivity index (χ2n) is 6.52. The Hall–Kier alpha value is -3.92. The number of carbonyl (C=O) groups is 1. The fourth-order valence-corrected chi connectivity index (χ4v) is 3.16. The molecular formula is C20H14ClF2N7O. The van der Waals surface area contributed by atoms with Crippen molar-refractivity contribution in [1.29, 1.82) is 0 Å². The van der Waals surface area contributed by atoms with Crippen LogP contribution in [0.5, 0.6) is 0 Å². The molecule has 0 aliphatic rings. The average molecular weight is 442 g/mol.